The number of piperidine rings is 1. The highest BCUT2D eigenvalue weighted by atomic mass is 19.1. The third-order valence-electron chi connectivity index (χ3n) is 6.08. The second-order valence-corrected chi connectivity index (χ2v) is 7.80. The Hall–Kier alpha value is -2.89. The topological polar surface area (TPSA) is 43.9 Å². The molecular formula is C23H26FN3O2. The Balaban J connectivity index is 1.50. The van der Waals surface area contributed by atoms with Gasteiger partial charge in [-0.05, 0) is 36.2 Å². The molecule has 152 valence electrons. The van der Waals surface area contributed by atoms with E-state index in [1.807, 2.05) is 23.1 Å². The quantitative estimate of drug-likeness (QED) is 0.802. The van der Waals surface area contributed by atoms with Crippen LogP contribution in [-0.2, 0) is 9.59 Å². The van der Waals surface area contributed by atoms with Gasteiger partial charge in [-0.15, -0.1) is 0 Å². The van der Waals surface area contributed by atoms with Gasteiger partial charge in [0.15, 0.2) is 0 Å². The lowest BCUT2D eigenvalue weighted by atomic mass is 9.83. The molecule has 0 unspecified atom stereocenters. The van der Waals surface area contributed by atoms with Gasteiger partial charge in [0.05, 0.1) is 12.0 Å². The number of amides is 2. The van der Waals surface area contributed by atoms with Crippen molar-refractivity contribution in [2.24, 2.45) is 5.92 Å². The highest BCUT2D eigenvalue weighted by molar-refractivity contribution is 5.85. The van der Waals surface area contributed by atoms with Crippen LogP contribution < -0.4 is 4.90 Å². The average Bonchev–Trinajstić information content (AvgIpc) is 2.76. The van der Waals surface area contributed by atoms with Crippen molar-refractivity contribution >= 4 is 17.5 Å². The number of para-hydroxylation sites is 1. The number of benzene rings is 2. The Labute approximate surface area is 170 Å². The van der Waals surface area contributed by atoms with Crippen LogP contribution in [0.15, 0.2) is 54.6 Å². The summed E-state index contributed by atoms with van der Waals surface area (Å²) in [6.07, 6.45) is 0.852. The molecule has 2 aliphatic heterocycles. The van der Waals surface area contributed by atoms with Crippen LogP contribution in [0.5, 0.6) is 0 Å². The van der Waals surface area contributed by atoms with E-state index < -0.39 is 6.04 Å². The third-order valence-corrected chi connectivity index (χ3v) is 6.08. The number of halogens is 1. The Morgan fingerprint density at radius 3 is 2.41 bits per heavy atom. The predicted molar refractivity (Wildman–Crippen MR) is 110 cm³/mol. The summed E-state index contributed by atoms with van der Waals surface area (Å²) in [7, 11) is 1.71. The lowest BCUT2D eigenvalue weighted by molar-refractivity contribution is -0.146. The SMILES string of the molecule is CN1C(=O)CC[C@@H](C(=O)N2CCN(c3ccccc3)CC2)[C@H]1c1cccc(F)c1. The molecule has 0 aromatic heterocycles. The molecule has 4 rings (SSSR count). The maximum absolute atomic E-state index is 13.8. The maximum atomic E-state index is 13.8. The Morgan fingerprint density at radius 2 is 1.72 bits per heavy atom. The smallest absolute Gasteiger partial charge is 0.228 e. The van der Waals surface area contributed by atoms with Crippen LogP contribution >= 0.6 is 0 Å². The summed E-state index contributed by atoms with van der Waals surface area (Å²) in [6.45, 7) is 2.86. The molecule has 0 radical (unpaired) electrons. The van der Waals surface area contributed by atoms with E-state index in [2.05, 4.69) is 17.0 Å². The number of carbonyl (C=O) groups excluding carboxylic acids is 2. The summed E-state index contributed by atoms with van der Waals surface area (Å²) in [5.74, 6) is -0.636. The van der Waals surface area contributed by atoms with Crippen molar-refractivity contribution in [3.05, 3.63) is 66.0 Å². The van der Waals surface area contributed by atoms with Gasteiger partial charge in [-0.1, -0.05) is 30.3 Å². The fourth-order valence-electron chi connectivity index (χ4n) is 4.50. The summed E-state index contributed by atoms with van der Waals surface area (Å²) >= 11 is 0. The molecule has 6 heteroatoms. The van der Waals surface area contributed by atoms with Gasteiger partial charge >= 0.3 is 0 Å². The highest BCUT2D eigenvalue weighted by Crippen LogP contribution is 2.37. The van der Waals surface area contributed by atoms with Gasteiger partial charge in [0.1, 0.15) is 5.82 Å². The minimum Gasteiger partial charge on any atom is -0.368 e. The molecule has 2 saturated heterocycles. The summed E-state index contributed by atoms with van der Waals surface area (Å²) in [5, 5.41) is 0. The molecule has 2 aliphatic rings. The first kappa shape index (κ1) is 19.4. The predicted octanol–water partition coefficient (Wildman–Crippen LogP) is 3.08. The van der Waals surface area contributed by atoms with Crippen LogP contribution in [0.4, 0.5) is 10.1 Å². The third kappa shape index (κ3) is 3.97. The monoisotopic (exact) mass is 395 g/mol. The Bertz CT molecular complexity index is 881. The molecule has 5 nitrogen and oxygen atoms in total. The minimum absolute atomic E-state index is 0.00259. The van der Waals surface area contributed by atoms with Crippen molar-refractivity contribution in [1.29, 1.82) is 0 Å². The van der Waals surface area contributed by atoms with Crippen molar-refractivity contribution in [1.82, 2.24) is 9.80 Å². The number of rotatable bonds is 3. The van der Waals surface area contributed by atoms with E-state index in [1.54, 1.807) is 24.1 Å². The molecule has 2 atom stereocenters. The van der Waals surface area contributed by atoms with Crippen LogP contribution in [0.25, 0.3) is 0 Å². The zero-order valence-corrected chi connectivity index (χ0v) is 16.6. The molecule has 2 aromatic carbocycles. The van der Waals surface area contributed by atoms with E-state index in [1.165, 1.54) is 17.8 Å². The summed E-state index contributed by atoms with van der Waals surface area (Å²) < 4.78 is 13.8. The van der Waals surface area contributed by atoms with Gasteiger partial charge in [0, 0.05) is 45.3 Å². The number of carbonyl (C=O) groups is 2. The lowest BCUT2D eigenvalue weighted by Gasteiger charge is -2.43. The number of hydrogen-bond acceptors (Lipinski definition) is 3. The molecular weight excluding hydrogens is 369 g/mol. The number of hydrogen-bond donors (Lipinski definition) is 0. The molecule has 29 heavy (non-hydrogen) atoms. The fraction of sp³-hybridized carbons (Fsp3) is 0.391. The molecule has 2 fully saturated rings. The number of anilines is 1. The lowest BCUT2D eigenvalue weighted by Crippen LogP contribution is -2.53. The number of likely N-dealkylation sites (tertiary alicyclic amines) is 1. The van der Waals surface area contributed by atoms with Gasteiger partial charge in [0.2, 0.25) is 11.8 Å². The molecule has 2 aromatic rings. The van der Waals surface area contributed by atoms with E-state index >= 15 is 0 Å². The van der Waals surface area contributed by atoms with Gasteiger partial charge in [-0.2, -0.15) is 0 Å². The molecule has 0 spiro atoms. The van der Waals surface area contributed by atoms with Gasteiger partial charge in [-0.3, -0.25) is 9.59 Å². The molecule has 0 aliphatic carbocycles. The summed E-state index contributed by atoms with van der Waals surface area (Å²) in [5.41, 5.74) is 1.85. The second kappa shape index (κ2) is 8.23. The Kier molecular flexibility index (Phi) is 5.51. The van der Waals surface area contributed by atoms with E-state index in [-0.39, 0.29) is 23.5 Å². The molecule has 0 bridgehead atoms. The van der Waals surface area contributed by atoms with Crippen LogP contribution in [0, 0.1) is 11.7 Å². The zero-order valence-electron chi connectivity index (χ0n) is 16.6. The largest absolute Gasteiger partial charge is 0.368 e. The van der Waals surface area contributed by atoms with E-state index in [0.717, 1.165) is 13.1 Å². The average molecular weight is 395 g/mol. The van der Waals surface area contributed by atoms with Crippen molar-refractivity contribution < 1.29 is 14.0 Å². The number of piperazine rings is 1. The van der Waals surface area contributed by atoms with Gasteiger partial charge in [-0.25, -0.2) is 4.39 Å². The maximum Gasteiger partial charge on any atom is 0.228 e. The van der Waals surface area contributed by atoms with Crippen molar-refractivity contribution in [2.75, 3.05) is 38.1 Å². The zero-order chi connectivity index (χ0) is 20.4. The van der Waals surface area contributed by atoms with E-state index in [0.29, 0.717) is 31.5 Å². The van der Waals surface area contributed by atoms with Crippen molar-refractivity contribution in [3.63, 3.8) is 0 Å². The van der Waals surface area contributed by atoms with Crippen LogP contribution in [0.1, 0.15) is 24.4 Å². The van der Waals surface area contributed by atoms with Crippen LogP contribution in [0.3, 0.4) is 0 Å². The second-order valence-electron chi connectivity index (χ2n) is 7.80. The minimum atomic E-state index is -0.424. The molecule has 0 saturated carbocycles. The standard InChI is InChI=1S/C23H26FN3O2/c1-25-21(28)11-10-20(22(25)17-6-5-7-18(24)16-17)23(29)27-14-12-26(13-15-27)19-8-3-2-4-9-19/h2-9,16,20,22H,10-15H2,1H3/t20-,22-/m1/s1. The summed E-state index contributed by atoms with van der Waals surface area (Å²) in [4.78, 5) is 31.5. The fourth-order valence-corrected chi connectivity index (χ4v) is 4.50. The molecule has 0 N–H and O–H groups in total. The van der Waals surface area contributed by atoms with E-state index in [9.17, 15) is 14.0 Å². The Morgan fingerprint density at radius 1 is 1.00 bits per heavy atom. The molecule has 2 amide bonds. The van der Waals surface area contributed by atoms with E-state index in [4.69, 9.17) is 0 Å². The van der Waals surface area contributed by atoms with Crippen LogP contribution in [-0.4, -0.2) is 54.8 Å². The van der Waals surface area contributed by atoms with Crippen LogP contribution in [0.2, 0.25) is 0 Å². The first-order chi connectivity index (χ1) is 14.0. The van der Waals surface area contributed by atoms with Gasteiger partial charge < -0.3 is 14.7 Å². The normalized spacial score (nSPS) is 22.7. The van der Waals surface area contributed by atoms with Gasteiger partial charge in [0.25, 0.3) is 0 Å². The molecule has 2 heterocycles. The first-order valence-electron chi connectivity index (χ1n) is 10.1. The van der Waals surface area contributed by atoms with Crippen molar-refractivity contribution in [2.45, 2.75) is 18.9 Å². The van der Waals surface area contributed by atoms with Crippen molar-refractivity contribution in [3.8, 4) is 0 Å². The number of nitrogens with zero attached hydrogens (tertiary/aromatic N) is 3. The highest BCUT2D eigenvalue weighted by Gasteiger charge is 2.41. The first-order valence-corrected chi connectivity index (χ1v) is 10.1. The summed E-state index contributed by atoms with van der Waals surface area (Å²) in [6, 6.07) is 16.0.